The van der Waals surface area contributed by atoms with Crippen LogP contribution in [0.15, 0.2) is 48.1 Å². The van der Waals surface area contributed by atoms with Crippen LogP contribution in [-0.4, -0.2) is 52.3 Å². The number of carbonyl (C=O) groups excluding carboxylic acids is 1. The van der Waals surface area contributed by atoms with Crippen molar-refractivity contribution in [2.75, 3.05) is 41.3 Å². The Morgan fingerprint density at radius 1 is 0.962 bits per heavy atom. The Morgan fingerprint density at radius 3 is 2.38 bits per heavy atom. The van der Waals surface area contributed by atoms with Crippen molar-refractivity contribution in [1.82, 2.24) is 20.2 Å². The highest BCUT2D eigenvalue weighted by Gasteiger charge is 2.20. The van der Waals surface area contributed by atoms with Crippen LogP contribution in [0.25, 0.3) is 0 Å². The van der Waals surface area contributed by atoms with Crippen LogP contribution in [-0.2, 0) is 0 Å². The zero-order valence-corrected chi connectivity index (χ0v) is 14.8. The van der Waals surface area contributed by atoms with Crippen molar-refractivity contribution in [3.05, 3.63) is 53.0 Å². The minimum Gasteiger partial charge on any atom is -0.352 e. The maximum Gasteiger partial charge on any atom is 0.266 e. The number of piperazine rings is 1. The van der Waals surface area contributed by atoms with Crippen molar-refractivity contribution in [2.45, 2.75) is 0 Å². The quantitative estimate of drug-likeness (QED) is 0.754. The van der Waals surface area contributed by atoms with Gasteiger partial charge in [-0.3, -0.25) is 4.79 Å². The molecule has 0 bridgehead atoms. The molecule has 4 heterocycles. The van der Waals surface area contributed by atoms with Crippen LogP contribution in [0.4, 0.5) is 17.6 Å². The average molecular weight is 367 g/mol. The fourth-order valence-electron chi connectivity index (χ4n) is 2.74. The fraction of sp³-hybridized carbons (Fsp3) is 0.235. The van der Waals surface area contributed by atoms with Gasteiger partial charge < -0.3 is 15.1 Å². The van der Waals surface area contributed by atoms with E-state index < -0.39 is 0 Å². The summed E-state index contributed by atoms with van der Waals surface area (Å²) in [5.41, 5.74) is 0. The fourth-order valence-corrected chi connectivity index (χ4v) is 3.36. The molecule has 1 aliphatic rings. The third-order valence-corrected chi connectivity index (χ3v) is 4.94. The van der Waals surface area contributed by atoms with E-state index in [1.165, 1.54) is 11.3 Å². The minimum absolute atomic E-state index is 0.168. The van der Waals surface area contributed by atoms with E-state index in [9.17, 15) is 4.79 Å². The lowest BCUT2D eigenvalue weighted by Crippen LogP contribution is -2.47. The van der Waals surface area contributed by atoms with E-state index in [0.717, 1.165) is 37.9 Å². The van der Waals surface area contributed by atoms with Crippen molar-refractivity contribution in [1.29, 1.82) is 0 Å². The number of carbonyl (C=O) groups is 1. The maximum absolute atomic E-state index is 12.0. The summed E-state index contributed by atoms with van der Waals surface area (Å²) in [6.45, 7) is 3.27. The molecule has 1 N–H and O–H groups in total. The smallest absolute Gasteiger partial charge is 0.266 e. The van der Waals surface area contributed by atoms with Crippen molar-refractivity contribution in [2.24, 2.45) is 0 Å². The summed E-state index contributed by atoms with van der Waals surface area (Å²) in [7, 11) is 0. The lowest BCUT2D eigenvalue weighted by molar-refractivity contribution is 0.103. The second kappa shape index (κ2) is 7.44. The molecule has 0 radical (unpaired) electrons. The summed E-state index contributed by atoms with van der Waals surface area (Å²) in [5.74, 6) is 1.83. The van der Waals surface area contributed by atoms with Gasteiger partial charge in [0.25, 0.3) is 5.91 Å². The van der Waals surface area contributed by atoms with Crippen LogP contribution < -0.4 is 15.1 Å². The van der Waals surface area contributed by atoms with E-state index in [0.29, 0.717) is 10.7 Å². The Balaban J connectivity index is 1.35. The molecule has 3 aromatic heterocycles. The number of thiophene rings is 1. The second-order valence-electron chi connectivity index (χ2n) is 5.73. The van der Waals surface area contributed by atoms with E-state index in [1.807, 2.05) is 23.6 Å². The molecule has 3 aromatic rings. The van der Waals surface area contributed by atoms with Gasteiger partial charge in [-0.25, -0.2) is 9.97 Å². The first-order valence-electron chi connectivity index (χ1n) is 8.25. The Morgan fingerprint density at radius 2 is 1.73 bits per heavy atom. The first-order chi connectivity index (χ1) is 12.8. The molecule has 1 aliphatic heterocycles. The molecule has 0 unspecified atom stereocenters. The van der Waals surface area contributed by atoms with Crippen LogP contribution in [0.2, 0.25) is 0 Å². The summed E-state index contributed by atoms with van der Waals surface area (Å²) >= 11 is 1.39. The molecule has 0 aromatic carbocycles. The molecular formula is C17H17N7OS. The van der Waals surface area contributed by atoms with Gasteiger partial charge in [-0.15, -0.1) is 21.5 Å². The molecule has 4 rings (SSSR count). The zero-order chi connectivity index (χ0) is 17.8. The molecule has 0 spiro atoms. The number of hydrogen-bond acceptors (Lipinski definition) is 8. The summed E-state index contributed by atoms with van der Waals surface area (Å²) in [6.07, 6.45) is 3.51. The largest absolute Gasteiger partial charge is 0.352 e. The average Bonchev–Trinajstić information content (AvgIpc) is 3.25. The number of nitrogens with one attached hydrogen (secondary N) is 1. The van der Waals surface area contributed by atoms with Gasteiger partial charge in [-0.05, 0) is 29.6 Å². The van der Waals surface area contributed by atoms with Gasteiger partial charge in [0.2, 0.25) is 5.95 Å². The van der Waals surface area contributed by atoms with E-state index in [1.54, 1.807) is 24.5 Å². The van der Waals surface area contributed by atoms with Crippen LogP contribution in [0.5, 0.6) is 0 Å². The lowest BCUT2D eigenvalue weighted by Gasteiger charge is -2.35. The Kier molecular flexibility index (Phi) is 4.69. The number of hydrogen-bond donors (Lipinski definition) is 1. The normalized spacial score (nSPS) is 14.3. The van der Waals surface area contributed by atoms with E-state index in [2.05, 4.69) is 35.3 Å². The molecular weight excluding hydrogens is 350 g/mol. The van der Waals surface area contributed by atoms with Crippen molar-refractivity contribution >= 4 is 34.8 Å². The van der Waals surface area contributed by atoms with Crippen LogP contribution in [0, 0.1) is 0 Å². The Bertz CT molecular complexity index is 847. The Labute approximate surface area is 154 Å². The summed E-state index contributed by atoms with van der Waals surface area (Å²) < 4.78 is 0. The standard InChI is InChI=1S/C17H17N7OS/c25-16(13-3-1-12-26-13)20-14-4-5-15(22-21-14)23-8-10-24(11-9-23)17-18-6-2-7-19-17/h1-7,12H,8-11H2,(H,20,21,25). The summed E-state index contributed by atoms with van der Waals surface area (Å²) in [5, 5.41) is 13.0. The first kappa shape index (κ1) is 16.4. The molecule has 1 amide bonds. The third kappa shape index (κ3) is 3.62. The molecule has 1 saturated heterocycles. The molecule has 26 heavy (non-hydrogen) atoms. The maximum atomic E-state index is 12.0. The van der Waals surface area contributed by atoms with Gasteiger partial charge in [0.05, 0.1) is 4.88 Å². The summed E-state index contributed by atoms with van der Waals surface area (Å²) in [4.78, 5) is 25.6. The summed E-state index contributed by atoms with van der Waals surface area (Å²) in [6, 6.07) is 9.09. The van der Waals surface area contributed by atoms with Gasteiger partial charge in [-0.1, -0.05) is 6.07 Å². The molecule has 0 atom stereocenters. The van der Waals surface area contributed by atoms with Crippen LogP contribution in [0.1, 0.15) is 9.67 Å². The highest BCUT2D eigenvalue weighted by atomic mass is 32.1. The molecule has 8 nitrogen and oxygen atoms in total. The molecule has 0 aliphatic carbocycles. The first-order valence-corrected chi connectivity index (χ1v) is 9.13. The van der Waals surface area contributed by atoms with Crippen molar-refractivity contribution in [3.8, 4) is 0 Å². The topological polar surface area (TPSA) is 87.1 Å². The second-order valence-corrected chi connectivity index (χ2v) is 6.68. The van der Waals surface area contributed by atoms with Gasteiger partial charge >= 0.3 is 0 Å². The zero-order valence-electron chi connectivity index (χ0n) is 13.9. The predicted molar refractivity (Wildman–Crippen MR) is 101 cm³/mol. The number of anilines is 3. The number of aromatic nitrogens is 4. The van der Waals surface area contributed by atoms with Crippen molar-refractivity contribution in [3.63, 3.8) is 0 Å². The molecule has 132 valence electrons. The third-order valence-electron chi connectivity index (χ3n) is 4.08. The number of rotatable bonds is 4. The van der Waals surface area contributed by atoms with Gasteiger partial charge in [0.1, 0.15) is 0 Å². The number of amides is 1. The SMILES string of the molecule is O=C(Nc1ccc(N2CCN(c3ncccn3)CC2)nn1)c1cccs1. The highest BCUT2D eigenvalue weighted by Crippen LogP contribution is 2.17. The molecule has 9 heteroatoms. The monoisotopic (exact) mass is 367 g/mol. The Hall–Kier alpha value is -3.07. The van der Waals surface area contributed by atoms with Gasteiger partial charge in [0.15, 0.2) is 11.6 Å². The molecule has 1 fully saturated rings. The highest BCUT2D eigenvalue weighted by molar-refractivity contribution is 7.12. The van der Waals surface area contributed by atoms with E-state index >= 15 is 0 Å². The van der Waals surface area contributed by atoms with Crippen LogP contribution >= 0.6 is 11.3 Å². The van der Waals surface area contributed by atoms with Gasteiger partial charge in [0, 0.05) is 38.6 Å². The minimum atomic E-state index is -0.168. The predicted octanol–water partition coefficient (Wildman–Crippen LogP) is 1.91. The van der Waals surface area contributed by atoms with Gasteiger partial charge in [-0.2, -0.15) is 0 Å². The number of nitrogens with zero attached hydrogens (tertiary/aromatic N) is 6. The molecule has 0 saturated carbocycles. The van der Waals surface area contributed by atoms with E-state index in [4.69, 9.17) is 0 Å². The lowest BCUT2D eigenvalue weighted by atomic mass is 10.3. The van der Waals surface area contributed by atoms with Crippen LogP contribution in [0.3, 0.4) is 0 Å². The van der Waals surface area contributed by atoms with E-state index in [-0.39, 0.29) is 5.91 Å². The van der Waals surface area contributed by atoms with Crippen molar-refractivity contribution < 1.29 is 4.79 Å².